The van der Waals surface area contributed by atoms with Gasteiger partial charge in [-0.05, 0) is 49.9 Å². The Morgan fingerprint density at radius 3 is 2.51 bits per heavy atom. The molecule has 230 valence electrons. The van der Waals surface area contributed by atoms with Crippen LogP contribution in [-0.2, 0) is 22.3 Å². The second kappa shape index (κ2) is 13.6. The van der Waals surface area contributed by atoms with E-state index in [-0.39, 0.29) is 17.7 Å². The first-order valence-corrected chi connectivity index (χ1v) is 15.2. The maximum Gasteiger partial charge on any atom is 0.226 e. The number of nitrogens with two attached hydrogens (primary N) is 1. The number of aryl methyl sites for hydroxylation is 1. The maximum atomic E-state index is 15.3. The normalized spacial score (nSPS) is 20.0. The van der Waals surface area contributed by atoms with Gasteiger partial charge in [-0.2, -0.15) is 0 Å². The van der Waals surface area contributed by atoms with E-state index in [0.717, 1.165) is 87.7 Å². The number of rotatable bonds is 10. The largest absolute Gasteiger partial charge is 0.379 e. The van der Waals surface area contributed by atoms with Crippen molar-refractivity contribution in [1.82, 2.24) is 29.7 Å². The van der Waals surface area contributed by atoms with E-state index in [0.29, 0.717) is 43.3 Å². The van der Waals surface area contributed by atoms with Gasteiger partial charge in [0.1, 0.15) is 12.0 Å². The molecule has 3 aromatic rings. The molecule has 1 aliphatic carbocycles. The predicted molar refractivity (Wildman–Crippen MR) is 161 cm³/mol. The molecule has 2 unspecified atom stereocenters. The maximum absolute atomic E-state index is 15.3. The lowest BCUT2D eigenvalue weighted by atomic mass is 9.96. The number of halogens is 1. The van der Waals surface area contributed by atoms with Crippen LogP contribution in [0.15, 0.2) is 30.6 Å². The molecule has 2 atom stereocenters. The number of aromatic nitrogens is 4. The molecule has 4 heterocycles. The average Bonchev–Trinajstić information content (AvgIpc) is 3.46. The van der Waals surface area contributed by atoms with Crippen LogP contribution in [0.5, 0.6) is 0 Å². The van der Waals surface area contributed by atoms with Crippen LogP contribution in [0.1, 0.15) is 47.4 Å². The van der Waals surface area contributed by atoms with Crippen LogP contribution in [0.2, 0.25) is 0 Å². The van der Waals surface area contributed by atoms with Gasteiger partial charge in [0, 0.05) is 68.7 Å². The van der Waals surface area contributed by atoms with E-state index >= 15 is 4.39 Å². The first-order valence-electron chi connectivity index (χ1n) is 15.2. The summed E-state index contributed by atoms with van der Waals surface area (Å²) in [6.45, 7) is 7.54. The lowest BCUT2D eigenvalue weighted by Gasteiger charge is -2.30. The molecule has 0 radical (unpaired) electrons. The lowest BCUT2D eigenvalue weighted by molar-refractivity contribution is -0.000800. The average molecular weight is 593 g/mol. The summed E-state index contributed by atoms with van der Waals surface area (Å²) in [5.74, 6) is 0.805. The first kappa shape index (κ1) is 29.8. The number of morpholine rings is 2. The molecule has 12 heteroatoms. The van der Waals surface area contributed by atoms with E-state index < -0.39 is 6.23 Å². The Balaban J connectivity index is 1.15. The van der Waals surface area contributed by atoms with Crippen molar-refractivity contribution >= 4 is 11.9 Å². The molecule has 2 fully saturated rings. The number of hydrogen-bond acceptors (Lipinski definition) is 11. The molecule has 1 aromatic carbocycles. The molecule has 3 aliphatic rings. The summed E-state index contributed by atoms with van der Waals surface area (Å²) >= 11 is 0. The van der Waals surface area contributed by atoms with Gasteiger partial charge in [0.2, 0.25) is 11.9 Å². The Labute approximate surface area is 251 Å². The Kier molecular flexibility index (Phi) is 9.39. The Bertz CT molecular complexity index is 1380. The molecule has 0 spiro atoms. The molecule has 43 heavy (non-hydrogen) atoms. The van der Waals surface area contributed by atoms with Gasteiger partial charge in [0.05, 0.1) is 37.8 Å². The molecular formula is C31H41FN8O3. The highest BCUT2D eigenvalue weighted by molar-refractivity contribution is 5.66. The second-order valence-corrected chi connectivity index (χ2v) is 11.6. The number of nitrogens with zero attached hydrogens (tertiary/aromatic N) is 7. The van der Waals surface area contributed by atoms with Gasteiger partial charge < -0.3 is 25.2 Å². The molecule has 0 bridgehead atoms. The van der Waals surface area contributed by atoms with Crippen LogP contribution in [0, 0.1) is 5.82 Å². The van der Waals surface area contributed by atoms with Gasteiger partial charge in [0.25, 0.3) is 0 Å². The van der Waals surface area contributed by atoms with Gasteiger partial charge in [-0.1, -0.05) is 12.1 Å². The van der Waals surface area contributed by atoms with Gasteiger partial charge in [-0.3, -0.25) is 9.80 Å². The van der Waals surface area contributed by atoms with Crippen molar-refractivity contribution in [1.29, 1.82) is 0 Å². The van der Waals surface area contributed by atoms with Gasteiger partial charge in [0.15, 0.2) is 0 Å². The van der Waals surface area contributed by atoms with Crippen molar-refractivity contribution in [3.63, 3.8) is 0 Å². The monoisotopic (exact) mass is 592 g/mol. The van der Waals surface area contributed by atoms with Crippen molar-refractivity contribution in [3.05, 3.63) is 58.8 Å². The molecule has 11 nitrogen and oxygen atoms in total. The number of likely N-dealkylation sites (N-methyl/N-ethyl adjacent to an activating group) is 1. The molecule has 6 rings (SSSR count). The SMILES string of the molecule is CN(CCN1CCOCC1)C(O)c1ccc(CCC2CCc3c(-c4cnc(N)nc4)nc(N4CCOCC4)nc32)c(F)c1. The minimum atomic E-state index is -0.864. The summed E-state index contributed by atoms with van der Waals surface area (Å²) in [6.07, 6.45) is 5.68. The highest BCUT2D eigenvalue weighted by Gasteiger charge is 2.30. The zero-order chi connectivity index (χ0) is 29.8. The zero-order valence-electron chi connectivity index (χ0n) is 24.8. The molecule has 3 N–H and O–H groups in total. The van der Waals surface area contributed by atoms with Crippen LogP contribution < -0.4 is 10.6 Å². The van der Waals surface area contributed by atoms with Gasteiger partial charge in [-0.25, -0.2) is 24.3 Å². The number of benzene rings is 1. The van der Waals surface area contributed by atoms with Crippen molar-refractivity contribution < 1.29 is 19.0 Å². The third-order valence-electron chi connectivity index (χ3n) is 8.82. The van der Waals surface area contributed by atoms with E-state index in [9.17, 15) is 5.11 Å². The van der Waals surface area contributed by atoms with Gasteiger partial charge >= 0.3 is 0 Å². The van der Waals surface area contributed by atoms with Crippen molar-refractivity contribution in [2.45, 2.75) is 37.8 Å². The molecule has 2 aliphatic heterocycles. The standard InChI is InChI=1S/C31H41FN8O3/c1-38(8-9-39-10-14-42-15-11-39)29(41)23-5-3-21(26(32)18-23)2-4-22-6-7-25-27(22)36-31(40-12-16-43-17-13-40)37-28(25)24-19-34-30(33)35-20-24/h3,5,18-20,22,29,41H,2,4,6-17H2,1H3,(H2,33,34,35). The first-order chi connectivity index (χ1) is 21.0. The number of ether oxygens (including phenoxy) is 2. The third kappa shape index (κ3) is 6.94. The number of anilines is 2. The number of nitrogen functional groups attached to an aromatic ring is 1. The van der Waals surface area contributed by atoms with Crippen LogP contribution >= 0.6 is 0 Å². The fraction of sp³-hybridized carbons (Fsp3) is 0.548. The number of aliphatic hydroxyl groups is 1. The fourth-order valence-electron chi connectivity index (χ4n) is 6.17. The Hall–Kier alpha value is -3.29. The minimum Gasteiger partial charge on any atom is -0.379 e. The minimum absolute atomic E-state index is 0.183. The van der Waals surface area contributed by atoms with Crippen LogP contribution in [0.25, 0.3) is 11.3 Å². The molecule has 0 saturated carbocycles. The Morgan fingerprint density at radius 1 is 1.07 bits per heavy atom. The van der Waals surface area contributed by atoms with Crippen LogP contribution in [0.4, 0.5) is 16.3 Å². The molecule has 2 aromatic heterocycles. The predicted octanol–water partition coefficient (Wildman–Crippen LogP) is 2.41. The summed E-state index contributed by atoms with van der Waals surface area (Å²) in [4.78, 5) is 24.7. The van der Waals surface area contributed by atoms with Crippen LogP contribution in [-0.4, -0.2) is 108 Å². The third-order valence-corrected chi connectivity index (χ3v) is 8.82. The topological polar surface area (TPSA) is 126 Å². The summed E-state index contributed by atoms with van der Waals surface area (Å²) in [7, 11) is 1.87. The molecule has 0 amide bonds. The van der Waals surface area contributed by atoms with E-state index in [2.05, 4.69) is 19.8 Å². The fourth-order valence-corrected chi connectivity index (χ4v) is 6.17. The lowest BCUT2D eigenvalue weighted by Crippen LogP contribution is -2.41. The van der Waals surface area contributed by atoms with E-state index in [1.807, 2.05) is 24.1 Å². The Morgan fingerprint density at radius 2 is 1.79 bits per heavy atom. The smallest absolute Gasteiger partial charge is 0.226 e. The van der Waals surface area contributed by atoms with E-state index in [1.54, 1.807) is 12.4 Å². The quantitative estimate of drug-likeness (QED) is 0.337. The van der Waals surface area contributed by atoms with E-state index in [1.165, 1.54) is 6.07 Å². The second-order valence-electron chi connectivity index (χ2n) is 11.6. The highest BCUT2D eigenvalue weighted by Crippen LogP contribution is 2.40. The summed E-state index contributed by atoms with van der Waals surface area (Å²) in [6, 6.07) is 5.14. The molecule has 2 saturated heterocycles. The summed E-state index contributed by atoms with van der Waals surface area (Å²) in [5, 5.41) is 10.9. The number of hydrogen-bond donors (Lipinski definition) is 2. The van der Waals surface area contributed by atoms with Crippen LogP contribution in [0.3, 0.4) is 0 Å². The summed E-state index contributed by atoms with van der Waals surface area (Å²) < 4.78 is 26.3. The van der Waals surface area contributed by atoms with Gasteiger partial charge in [-0.15, -0.1) is 0 Å². The van der Waals surface area contributed by atoms with Crippen molar-refractivity contribution in [2.24, 2.45) is 0 Å². The number of aliphatic hydroxyl groups excluding tert-OH is 1. The molecular weight excluding hydrogens is 551 g/mol. The summed E-state index contributed by atoms with van der Waals surface area (Å²) in [5.41, 5.74) is 10.8. The highest BCUT2D eigenvalue weighted by atomic mass is 19.1. The number of fused-ring (bicyclic) bond motifs is 1. The van der Waals surface area contributed by atoms with Crippen molar-refractivity contribution in [2.75, 3.05) is 83.4 Å². The van der Waals surface area contributed by atoms with E-state index in [4.69, 9.17) is 25.2 Å². The van der Waals surface area contributed by atoms with Crippen molar-refractivity contribution in [3.8, 4) is 11.3 Å². The zero-order valence-corrected chi connectivity index (χ0v) is 24.8.